The van der Waals surface area contributed by atoms with Crippen LogP contribution in [0.25, 0.3) is 0 Å². The third-order valence-corrected chi connectivity index (χ3v) is 7.64. The highest BCUT2D eigenvalue weighted by Crippen LogP contribution is 2.26. The van der Waals surface area contributed by atoms with Crippen LogP contribution in [0.3, 0.4) is 0 Å². The highest BCUT2D eigenvalue weighted by Gasteiger charge is 2.32. The quantitative estimate of drug-likeness (QED) is 0.690. The van der Waals surface area contributed by atoms with Crippen LogP contribution in [0.1, 0.15) is 31.7 Å². The average molecular weight is 453 g/mol. The molecule has 3 rings (SSSR count). The second-order valence-electron chi connectivity index (χ2n) is 7.69. The topological polar surface area (TPSA) is 66.5 Å². The van der Waals surface area contributed by atoms with Gasteiger partial charge in [0.15, 0.2) is 0 Å². The maximum absolute atomic E-state index is 13.3. The predicted octanol–water partition coefficient (Wildman–Crippen LogP) is 4.02. The number of benzene rings is 2. The molecule has 0 spiro atoms. The molecule has 0 aromatic heterocycles. The summed E-state index contributed by atoms with van der Waals surface area (Å²) < 4.78 is 40.2. The van der Waals surface area contributed by atoms with Crippen LogP contribution in [0.2, 0.25) is 5.02 Å². The van der Waals surface area contributed by atoms with E-state index in [1.165, 1.54) is 15.9 Å². The number of nitrogens with zero attached hydrogens (tertiary/aromatic N) is 1. The number of hydrogen-bond donors (Lipinski definition) is 1. The van der Waals surface area contributed by atoms with Gasteiger partial charge in [-0.15, -0.1) is 0 Å². The van der Waals surface area contributed by atoms with Crippen molar-refractivity contribution in [2.24, 2.45) is 5.92 Å². The first-order valence-electron chi connectivity index (χ1n) is 10.1. The molecule has 8 heteroatoms. The van der Waals surface area contributed by atoms with Crippen molar-refractivity contribution in [1.82, 2.24) is 9.62 Å². The van der Waals surface area contributed by atoms with Crippen LogP contribution in [-0.2, 0) is 21.2 Å². The van der Waals surface area contributed by atoms with E-state index >= 15 is 0 Å². The number of piperidine rings is 1. The Morgan fingerprint density at radius 2 is 1.87 bits per heavy atom. The first-order chi connectivity index (χ1) is 14.3. The molecule has 1 heterocycles. The van der Waals surface area contributed by atoms with E-state index in [1.54, 1.807) is 0 Å². The van der Waals surface area contributed by atoms with Gasteiger partial charge in [0.1, 0.15) is 5.82 Å². The summed E-state index contributed by atoms with van der Waals surface area (Å²) in [6.45, 7) is 2.47. The summed E-state index contributed by atoms with van der Waals surface area (Å²) in [5.41, 5.74) is 1.23. The molecule has 1 fully saturated rings. The van der Waals surface area contributed by atoms with Gasteiger partial charge < -0.3 is 5.32 Å². The number of halogens is 2. The summed E-state index contributed by atoms with van der Waals surface area (Å²) in [6, 6.07) is 13.5. The number of nitrogens with one attached hydrogen (secondary N) is 1. The number of carbonyl (C=O) groups excluding carboxylic acids is 1. The molecule has 1 aliphatic heterocycles. The van der Waals surface area contributed by atoms with E-state index in [0.717, 1.165) is 25.0 Å². The van der Waals surface area contributed by atoms with Crippen LogP contribution in [0, 0.1) is 11.7 Å². The van der Waals surface area contributed by atoms with Crippen molar-refractivity contribution < 1.29 is 17.6 Å². The highest BCUT2D eigenvalue weighted by atomic mass is 35.5. The third kappa shape index (κ3) is 5.59. The lowest BCUT2D eigenvalue weighted by atomic mass is 9.96. The van der Waals surface area contributed by atoms with Crippen LogP contribution in [0.15, 0.2) is 53.4 Å². The number of carbonyl (C=O) groups is 1. The Balaban J connectivity index is 1.50. The molecule has 0 radical (unpaired) electrons. The maximum Gasteiger partial charge on any atom is 0.243 e. The minimum atomic E-state index is -3.76. The van der Waals surface area contributed by atoms with Gasteiger partial charge in [0.05, 0.1) is 9.92 Å². The number of aryl methyl sites for hydroxylation is 1. The van der Waals surface area contributed by atoms with E-state index < -0.39 is 15.8 Å². The molecule has 1 amide bonds. The van der Waals surface area contributed by atoms with E-state index in [9.17, 15) is 17.6 Å². The van der Waals surface area contributed by atoms with Gasteiger partial charge in [-0.05, 0) is 56.4 Å². The molecule has 0 unspecified atom stereocenters. The van der Waals surface area contributed by atoms with Gasteiger partial charge in [-0.2, -0.15) is 4.31 Å². The molecule has 2 aromatic carbocycles. The summed E-state index contributed by atoms with van der Waals surface area (Å²) in [4.78, 5) is 12.6. The van der Waals surface area contributed by atoms with Crippen molar-refractivity contribution in [3.8, 4) is 0 Å². The first-order valence-corrected chi connectivity index (χ1v) is 11.9. The fourth-order valence-corrected chi connectivity index (χ4v) is 5.35. The van der Waals surface area contributed by atoms with Gasteiger partial charge in [-0.1, -0.05) is 41.9 Å². The number of amides is 1. The van der Waals surface area contributed by atoms with Crippen molar-refractivity contribution in [2.75, 3.05) is 13.1 Å². The molecule has 0 saturated carbocycles. The lowest BCUT2D eigenvalue weighted by Crippen LogP contribution is -2.44. The van der Waals surface area contributed by atoms with E-state index in [1.807, 2.05) is 25.1 Å². The third-order valence-electron chi connectivity index (χ3n) is 5.45. The molecular formula is C22H26ClFN2O3S. The normalized spacial score (nSPS) is 16.9. The van der Waals surface area contributed by atoms with Gasteiger partial charge in [-0.3, -0.25) is 4.79 Å². The largest absolute Gasteiger partial charge is 0.353 e. The molecular weight excluding hydrogens is 427 g/mol. The standard InChI is InChI=1S/C22H26ClFN2O3S/c1-16(7-8-17-5-3-2-4-6-17)25-22(27)18-11-13-26(14-12-18)30(28,29)19-9-10-21(24)20(23)15-19/h2-6,9-10,15-16,18H,7-8,11-14H2,1H3,(H,25,27)/t16-/m0/s1. The molecule has 1 atom stereocenters. The van der Waals surface area contributed by atoms with E-state index in [-0.39, 0.29) is 40.9 Å². The summed E-state index contributed by atoms with van der Waals surface area (Å²) in [6.07, 6.45) is 2.63. The molecule has 1 saturated heterocycles. The molecule has 1 N–H and O–H groups in total. The van der Waals surface area contributed by atoms with E-state index in [4.69, 9.17) is 11.6 Å². The summed E-state index contributed by atoms with van der Waals surface area (Å²) in [5.74, 6) is -0.905. The van der Waals surface area contributed by atoms with Crippen molar-refractivity contribution >= 4 is 27.5 Å². The Labute approximate surface area is 182 Å². The van der Waals surface area contributed by atoms with Crippen LogP contribution in [-0.4, -0.2) is 37.8 Å². The van der Waals surface area contributed by atoms with Crippen LogP contribution in [0.5, 0.6) is 0 Å². The zero-order chi connectivity index (χ0) is 21.7. The number of sulfonamides is 1. The van der Waals surface area contributed by atoms with Crippen LogP contribution in [0.4, 0.5) is 4.39 Å². The van der Waals surface area contributed by atoms with Crippen molar-refractivity contribution in [3.63, 3.8) is 0 Å². The lowest BCUT2D eigenvalue weighted by molar-refractivity contribution is -0.126. The molecule has 1 aliphatic rings. The SMILES string of the molecule is C[C@@H](CCc1ccccc1)NC(=O)C1CCN(S(=O)(=O)c2ccc(F)c(Cl)c2)CC1. The van der Waals surface area contributed by atoms with Crippen LogP contribution < -0.4 is 5.32 Å². The van der Waals surface area contributed by atoms with Gasteiger partial charge >= 0.3 is 0 Å². The number of rotatable bonds is 7. The van der Waals surface area contributed by atoms with Gasteiger partial charge in [0.2, 0.25) is 15.9 Å². The summed E-state index contributed by atoms with van der Waals surface area (Å²) in [7, 11) is -3.76. The highest BCUT2D eigenvalue weighted by molar-refractivity contribution is 7.89. The fraction of sp³-hybridized carbons (Fsp3) is 0.409. The van der Waals surface area contributed by atoms with Crippen molar-refractivity contribution in [3.05, 3.63) is 64.9 Å². The Morgan fingerprint density at radius 1 is 1.20 bits per heavy atom. The lowest BCUT2D eigenvalue weighted by Gasteiger charge is -2.31. The summed E-state index contributed by atoms with van der Waals surface area (Å²) >= 11 is 5.73. The Hall–Kier alpha value is -1.96. The molecule has 30 heavy (non-hydrogen) atoms. The fourth-order valence-electron chi connectivity index (χ4n) is 3.61. The monoisotopic (exact) mass is 452 g/mol. The minimum Gasteiger partial charge on any atom is -0.353 e. The van der Waals surface area contributed by atoms with Gasteiger partial charge in [-0.25, -0.2) is 12.8 Å². The van der Waals surface area contributed by atoms with Crippen LogP contribution >= 0.6 is 11.6 Å². The molecule has 0 aliphatic carbocycles. The molecule has 5 nitrogen and oxygen atoms in total. The van der Waals surface area contributed by atoms with Gasteiger partial charge in [0, 0.05) is 25.0 Å². The minimum absolute atomic E-state index is 0.0302. The Morgan fingerprint density at radius 3 is 2.50 bits per heavy atom. The number of hydrogen-bond acceptors (Lipinski definition) is 3. The van der Waals surface area contributed by atoms with Crippen molar-refractivity contribution in [2.45, 2.75) is 43.5 Å². The first kappa shape index (κ1) is 22.7. The molecule has 0 bridgehead atoms. The van der Waals surface area contributed by atoms with E-state index in [0.29, 0.717) is 12.8 Å². The Bertz CT molecular complexity index is 977. The smallest absolute Gasteiger partial charge is 0.243 e. The average Bonchev–Trinajstić information content (AvgIpc) is 2.75. The molecule has 162 valence electrons. The second-order valence-corrected chi connectivity index (χ2v) is 10.0. The zero-order valence-electron chi connectivity index (χ0n) is 16.9. The van der Waals surface area contributed by atoms with E-state index in [2.05, 4.69) is 17.4 Å². The molecule has 2 aromatic rings. The predicted molar refractivity (Wildman–Crippen MR) is 115 cm³/mol. The Kier molecular flexibility index (Phi) is 7.50. The van der Waals surface area contributed by atoms with Gasteiger partial charge in [0.25, 0.3) is 0 Å². The summed E-state index contributed by atoms with van der Waals surface area (Å²) in [5, 5.41) is 2.83. The maximum atomic E-state index is 13.3. The zero-order valence-corrected chi connectivity index (χ0v) is 18.4. The van der Waals surface area contributed by atoms with Crippen molar-refractivity contribution in [1.29, 1.82) is 0 Å². The second kappa shape index (κ2) is 9.90.